The minimum absolute atomic E-state index is 0.0163. The van der Waals surface area contributed by atoms with Crippen molar-refractivity contribution in [3.05, 3.63) is 34.1 Å². The summed E-state index contributed by atoms with van der Waals surface area (Å²) in [6.45, 7) is 0.270. The molecule has 0 unspecified atom stereocenters. The van der Waals surface area contributed by atoms with Gasteiger partial charge in [-0.2, -0.15) is 5.10 Å². The molecular formula is C25H27F5N8O2S. The first-order valence-electron chi connectivity index (χ1n) is 13.2. The average Bonchev–Trinajstić information content (AvgIpc) is 3.27. The van der Waals surface area contributed by atoms with Crippen molar-refractivity contribution in [3.63, 3.8) is 0 Å². The molecule has 0 spiro atoms. The highest BCUT2D eigenvalue weighted by atomic mass is 32.1. The van der Waals surface area contributed by atoms with Crippen LogP contribution < -0.4 is 16.0 Å². The topological polar surface area (TPSA) is 119 Å². The first-order chi connectivity index (χ1) is 19.5. The smallest absolute Gasteiger partial charge is 0.282 e. The summed E-state index contributed by atoms with van der Waals surface area (Å²) in [4.78, 5) is 26.8. The number of aromatic nitrogens is 5. The van der Waals surface area contributed by atoms with Gasteiger partial charge in [0.15, 0.2) is 0 Å². The van der Waals surface area contributed by atoms with E-state index in [2.05, 4.69) is 31.2 Å². The second-order valence-corrected chi connectivity index (χ2v) is 11.9. The molecule has 3 aromatic heterocycles. The van der Waals surface area contributed by atoms with Crippen LogP contribution in [0.1, 0.15) is 64.6 Å². The van der Waals surface area contributed by atoms with Crippen molar-refractivity contribution in [1.82, 2.24) is 29.9 Å². The lowest BCUT2D eigenvalue weighted by Crippen LogP contribution is -2.37. The third kappa shape index (κ3) is 5.40. The summed E-state index contributed by atoms with van der Waals surface area (Å²) >= 11 is 1.20. The van der Waals surface area contributed by atoms with Gasteiger partial charge in [0.2, 0.25) is 11.9 Å². The second-order valence-electron chi connectivity index (χ2n) is 10.8. The molecule has 10 nitrogen and oxygen atoms in total. The Morgan fingerprint density at radius 1 is 1.27 bits per heavy atom. The SMILES string of the molecule is Cn1nc(C(F)F)cc1Nc1nncn1[C@H]1CCc2sc(NC(=O)[C@H]3CC3(F)F)c(C(=O)NCC3CC(F)C3)c2C1. The summed E-state index contributed by atoms with van der Waals surface area (Å²) in [6.07, 6.45) is -0.421. The number of halogens is 5. The van der Waals surface area contributed by atoms with Gasteiger partial charge in [-0.3, -0.25) is 18.8 Å². The van der Waals surface area contributed by atoms with Gasteiger partial charge in [0.25, 0.3) is 18.3 Å². The second kappa shape index (κ2) is 10.4. The van der Waals surface area contributed by atoms with E-state index < -0.39 is 42.7 Å². The largest absolute Gasteiger partial charge is 0.352 e. The van der Waals surface area contributed by atoms with Crippen molar-refractivity contribution in [2.75, 3.05) is 17.2 Å². The van der Waals surface area contributed by atoms with Crippen LogP contribution in [-0.2, 0) is 24.7 Å². The van der Waals surface area contributed by atoms with Crippen LogP contribution in [0, 0.1) is 11.8 Å². The van der Waals surface area contributed by atoms with Gasteiger partial charge in [0.05, 0.1) is 5.56 Å². The molecule has 2 fully saturated rings. The van der Waals surface area contributed by atoms with E-state index in [9.17, 15) is 31.5 Å². The zero-order valence-corrected chi connectivity index (χ0v) is 22.7. The molecule has 0 aliphatic heterocycles. The number of nitrogens with zero attached hydrogens (tertiary/aromatic N) is 5. The number of amides is 2. The van der Waals surface area contributed by atoms with Gasteiger partial charge < -0.3 is 16.0 Å². The molecule has 3 heterocycles. The molecule has 2 saturated carbocycles. The number of hydrogen-bond acceptors (Lipinski definition) is 7. The van der Waals surface area contributed by atoms with Gasteiger partial charge in [0.1, 0.15) is 34.9 Å². The Hall–Kier alpha value is -3.56. The van der Waals surface area contributed by atoms with Gasteiger partial charge in [0, 0.05) is 37.0 Å². The van der Waals surface area contributed by atoms with Crippen molar-refractivity contribution >= 4 is 39.9 Å². The highest BCUT2D eigenvalue weighted by Crippen LogP contribution is 2.50. The number of hydrogen-bond donors (Lipinski definition) is 3. The van der Waals surface area contributed by atoms with Crippen molar-refractivity contribution in [1.29, 1.82) is 0 Å². The van der Waals surface area contributed by atoms with Crippen LogP contribution >= 0.6 is 11.3 Å². The minimum Gasteiger partial charge on any atom is -0.352 e. The van der Waals surface area contributed by atoms with Gasteiger partial charge in [-0.05, 0) is 43.6 Å². The lowest BCUT2D eigenvalue weighted by Gasteiger charge is -2.29. The minimum atomic E-state index is -3.05. The fourth-order valence-electron chi connectivity index (χ4n) is 5.40. The van der Waals surface area contributed by atoms with Gasteiger partial charge in [-0.1, -0.05) is 0 Å². The maximum absolute atomic E-state index is 13.6. The van der Waals surface area contributed by atoms with E-state index in [0.29, 0.717) is 43.6 Å². The van der Waals surface area contributed by atoms with E-state index in [4.69, 9.17) is 0 Å². The van der Waals surface area contributed by atoms with Crippen molar-refractivity contribution in [2.45, 2.75) is 63.1 Å². The Kier molecular flexibility index (Phi) is 6.98. The molecular weight excluding hydrogens is 571 g/mol. The van der Waals surface area contributed by atoms with Crippen LogP contribution in [0.3, 0.4) is 0 Å². The summed E-state index contributed by atoms with van der Waals surface area (Å²) < 4.78 is 69.6. The first kappa shape index (κ1) is 27.6. The Morgan fingerprint density at radius 3 is 2.68 bits per heavy atom. The molecule has 0 aromatic carbocycles. The van der Waals surface area contributed by atoms with E-state index in [-0.39, 0.29) is 40.6 Å². The van der Waals surface area contributed by atoms with Crippen molar-refractivity contribution in [2.24, 2.45) is 18.9 Å². The third-order valence-corrected chi connectivity index (χ3v) is 9.11. The monoisotopic (exact) mass is 598 g/mol. The molecule has 3 aliphatic carbocycles. The summed E-state index contributed by atoms with van der Waals surface area (Å²) in [5.41, 5.74) is 0.512. The molecule has 2 amide bonds. The van der Waals surface area contributed by atoms with Crippen LogP contribution in [0.25, 0.3) is 0 Å². The standard InChI is InChI=1S/C25H27F5N8O2S/c1-37-18(7-16(36-37)20(27)28)33-24-35-32-10-38(24)13-2-3-17-14(6-13)19(22(40)31-9-11-4-12(26)5-11)23(41-17)34-21(39)15-8-25(15,29)30/h7,10-13,15,20H,2-6,8-9H2,1H3,(H,31,40)(H,33,35)(H,34,39)/t11?,12?,13-,15+/m0/s1. The molecule has 0 bridgehead atoms. The molecule has 3 aliphatic rings. The van der Waals surface area contributed by atoms with E-state index in [1.165, 1.54) is 35.5 Å². The first-order valence-corrected chi connectivity index (χ1v) is 14.1. The summed E-state index contributed by atoms with van der Waals surface area (Å²) in [6, 6.07) is 0.981. The highest BCUT2D eigenvalue weighted by molar-refractivity contribution is 7.17. The van der Waals surface area contributed by atoms with Gasteiger partial charge in [-0.15, -0.1) is 21.5 Å². The fourth-order valence-corrected chi connectivity index (χ4v) is 6.65. The van der Waals surface area contributed by atoms with Crippen LogP contribution in [0.2, 0.25) is 0 Å². The number of thiophene rings is 1. The highest BCUT2D eigenvalue weighted by Gasteiger charge is 2.61. The zero-order chi connectivity index (χ0) is 29.1. The van der Waals surface area contributed by atoms with E-state index in [1.807, 2.05) is 0 Å². The van der Waals surface area contributed by atoms with Crippen molar-refractivity contribution < 1.29 is 31.5 Å². The lowest BCUT2D eigenvalue weighted by molar-refractivity contribution is -0.119. The van der Waals surface area contributed by atoms with Crippen molar-refractivity contribution in [3.8, 4) is 0 Å². The summed E-state index contributed by atoms with van der Waals surface area (Å²) in [5.74, 6) is -5.17. The number of alkyl halides is 5. The number of fused-ring (bicyclic) bond motifs is 1. The Balaban J connectivity index is 1.25. The predicted molar refractivity (Wildman–Crippen MR) is 138 cm³/mol. The molecule has 2 atom stereocenters. The third-order valence-electron chi connectivity index (χ3n) is 7.90. The molecule has 220 valence electrons. The van der Waals surface area contributed by atoms with Crippen LogP contribution in [0.5, 0.6) is 0 Å². The van der Waals surface area contributed by atoms with E-state index in [0.717, 1.165) is 4.88 Å². The van der Waals surface area contributed by atoms with Crippen LogP contribution in [0.4, 0.5) is 38.7 Å². The van der Waals surface area contributed by atoms with Crippen LogP contribution in [0.15, 0.2) is 12.4 Å². The molecule has 0 radical (unpaired) electrons. The van der Waals surface area contributed by atoms with Crippen LogP contribution in [-0.4, -0.2) is 55.0 Å². The molecule has 41 heavy (non-hydrogen) atoms. The number of carbonyl (C=O) groups is 2. The normalized spacial score (nSPS) is 24.5. The molecule has 6 rings (SSSR count). The Labute approximate surface area is 234 Å². The van der Waals surface area contributed by atoms with Gasteiger partial charge in [-0.25, -0.2) is 22.0 Å². The number of rotatable bonds is 9. The maximum Gasteiger partial charge on any atom is 0.282 e. The van der Waals surface area contributed by atoms with Gasteiger partial charge >= 0.3 is 0 Å². The Bertz CT molecular complexity index is 1480. The number of nitrogens with one attached hydrogen (secondary N) is 3. The molecule has 0 saturated heterocycles. The van der Waals surface area contributed by atoms with E-state index in [1.54, 1.807) is 4.57 Å². The quantitative estimate of drug-likeness (QED) is 0.311. The number of anilines is 3. The molecule has 16 heteroatoms. The number of carbonyl (C=O) groups excluding carboxylic acids is 2. The average molecular weight is 599 g/mol. The zero-order valence-electron chi connectivity index (χ0n) is 21.8. The fraction of sp³-hybridized carbons (Fsp3) is 0.560. The number of aryl methyl sites for hydroxylation is 2. The summed E-state index contributed by atoms with van der Waals surface area (Å²) in [5, 5.41) is 20.4. The Morgan fingerprint density at radius 2 is 2.02 bits per heavy atom. The maximum atomic E-state index is 13.6. The summed E-state index contributed by atoms with van der Waals surface area (Å²) in [7, 11) is 1.52. The molecule has 3 N–H and O–H groups in total. The van der Waals surface area contributed by atoms with E-state index >= 15 is 0 Å². The predicted octanol–water partition coefficient (Wildman–Crippen LogP) is 4.56. The lowest BCUT2D eigenvalue weighted by atomic mass is 9.83. The molecule has 3 aromatic rings.